The van der Waals surface area contributed by atoms with Gasteiger partial charge in [0.25, 0.3) is 0 Å². The van der Waals surface area contributed by atoms with Crippen LogP contribution in [0.4, 0.5) is 10.5 Å². The number of esters is 1. The number of ether oxygens (including phenoxy) is 3. The Kier molecular flexibility index (Phi) is 5.33. The predicted octanol–water partition coefficient (Wildman–Crippen LogP) is 2.51. The Labute approximate surface area is 141 Å². The number of carbonyl (C=O) groups excluding carboxylic acids is 2. The van der Waals surface area contributed by atoms with Gasteiger partial charge in [0.2, 0.25) is 0 Å². The zero-order chi connectivity index (χ0) is 17.9. The molecule has 0 bridgehead atoms. The van der Waals surface area contributed by atoms with Crippen LogP contribution < -0.4 is 10.1 Å². The minimum atomic E-state index is -0.492. The summed E-state index contributed by atoms with van der Waals surface area (Å²) in [5, 5.41) is 2.83. The highest BCUT2D eigenvalue weighted by atomic mass is 16.5. The van der Waals surface area contributed by atoms with Crippen LogP contribution in [0.3, 0.4) is 0 Å². The Morgan fingerprint density at radius 1 is 1.33 bits per heavy atom. The van der Waals surface area contributed by atoms with Crippen molar-refractivity contribution in [3.8, 4) is 5.75 Å². The zero-order valence-corrected chi connectivity index (χ0v) is 14.7. The third-order valence-corrected chi connectivity index (χ3v) is 3.71. The number of morpholine rings is 1. The van der Waals surface area contributed by atoms with Crippen LogP contribution in [0, 0.1) is 0 Å². The second kappa shape index (κ2) is 7.09. The summed E-state index contributed by atoms with van der Waals surface area (Å²) in [6.07, 6.45) is -0.0317. The summed E-state index contributed by atoms with van der Waals surface area (Å²) >= 11 is 0. The molecular weight excluding hydrogens is 312 g/mol. The average Bonchev–Trinajstić information content (AvgIpc) is 2.52. The van der Waals surface area contributed by atoms with Crippen molar-refractivity contribution >= 4 is 17.7 Å². The maximum absolute atomic E-state index is 12.5. The molecule has 1 fully saturated rings. The molecule has 24 heavy (non-hydrogen) atoms. The number of anilines is 1. The van der Waals surface area contributed by atoms with Crippen molar-refractivity contribution in [3.05, 3.63) is 23.8 Å². The highest BCUT2D eigenvalue weighted by molar-refractivity contribution is 5.95. The normalized spacial score (nSPS) is 19.5. The molecule has 0 spiro atoms. The standard InChI is InChI=1S/C17H24N2O5/c1-11-9-19(10-17(2,3)24-11)16(21)18-12-6-7-13(15(20)23-5)14(8-12)22-4/h6-8,11H,9-10H2,1-5H3,(H,18,21). The second-order valence-corrected chi connectivity index (χ2v) is 6.41. The van der Waals surface area contributed by atoms with Gasteiger partial charge < -0.3 is 24.4 Å². The largest absolute Gasteiger partial charge is 0.496 e. The predicted molar refractivity (Wildman–Crippen MR) is 89.6 cm³/mol. The molecule has 2 rings (SSSR count). The van der Waals surface area contributed by atoms with Crippen LogP contribution in [-0.4, -0.2) is 55.9 Å². The number of nitrogens with one attached hydrogen (secondary N) is 1. The van der Waals surface area contributed by atoms with Crippen molar-refractivity contribution in [1.29, 1.82) is 0 Å². The molecule has 7 nitrogen and oxygen atoms in total. The van der Waals surface area contributed by atoms with Crippen LogP contribution in [0.1, 0.15) is 31.1 Å². The van der Waals surface area contributed by atoms with E-state index in [4.69, 9.17) is 14.2 Å². The van der Waals surface area contributed by atoms with E-state index in [2.05, 4.69) is 5.32 Å². The van der Waals surface area contributed by atoms with Crippen LogP contribution in [0.5, 0.6) is 5.75 Å². The van der Waals surface area contributed by atoms with Gasteiger partial charge in [-0.25, -0.2) is 9.59 Å². The van der Waals surface area contributed by atoms with Crippen molar-refractivity contribution in [2.24, 2.45) is 0 Å². The minimum Gasteiger partial charge on any atom is -0.496 e. The van der Waals surface area contributed by atoms with Gasteiger partial charge in [-0.1, -0.05) is 0 Å². The number of hydrogen-bond acceptors (Lipinski definition) is 5. The summed E-state index contributed by atoms with van der Waals surface area (Å²) in [6, 6.07) is 4.58. The van der Waals surface area contributed by atoms with Crippen molar-refractivity contribution in [3.63, 3.8) is 0 Å². The lowest BCUT2D eigenvalue weighted by molar-refractivity contribution is -0.116. The molecule has 0 aliphatic carbocycles. The number of amides is 2. The molecule has 1 aliphatic heterocycles. The van der Waals surface area contributed by atoms with Gasteiger partial charge in [0.15, 0.2) is 0 Å². The van der Waals surface area contributed by atoms with Gasteiger partial charge in [0.1, 0.15) is 11.3 Å². The molecule has 1 aliphatic rings. The summed E-state index contributed by atoms with van der Waals surface area (Å²) in [7, 11) is 2.76. The fourth-order valence-corrected chi connectivity index (χ4v) is 2.86. The molecular formula is C17H24N2O5. The first kappa shape index (κ1) is 18.1. The van der Waals surface area contributed by atoms with Crippen molar-refractivity contribution in [2.45, 2.75) is 32.5 Å². The molecule has 2 amide bonds. The van der Waals surface area contributed by atoms with Crippen LogP contribution in [-0.2, 0) is 9.47 Å². The molecule has 0 aromatic heterocycles. The highest BCUT2D eigenvalue weighted by Gasteiger charge is 2.33. The van der Waals surface area contributed by atoms with Gasteiger partial charge in [-0.2, -0.15) is 0 Å². The topological polar surface area (TPSA) is 77.1 Å². The number of urea groups is 1. The molecule has 1 N–H and O–H groups in total. The van der Waals surface area contributed by atoms with Crippen LogP contribution in [0.2, 0.25) is 0 Å². The maximum atomic E-state index is 12.5. The van der Waals surface area contributed by atoms with Gasteiger partial charge in [0, 0.05) is 18.3 Å². The van der Waals surface area contributed by atoms with E-state index in [-0.39, 0.29) is 17.7 Å². The quantitative estimate of drug-likeness (QED) is 0.858. The number of nitrogens with zero attached hydrogens (tertiary/aromatic N) is 1. The number of benzene rings is 1. The molecule has 1 atom stereocenters. The Bertz CT molecular complexity index is 629. The molecule has 1 aromatic carbocycles. The van der Waals surface area contributed by atoms with E-state index in [1.54, 1.807) is 23.1 Å². The molecule has 1 aromatic rings. The number of methoxy groups -OCH3 is 2. The third-order valence-electron chi connectivity index (χ3n) is 3.71. The monoisotopic (exact) mass is 336 g/mol. The Morgan fingerprint density at radius 2 is 2.04 bits per heavy atom. The Morgan fingerprint density at radius 3 is 2.62 bits per heavy atom. The van der Waals surface area contributed by atoms with E-state index < -0.39 is 5.97 Å². The van der Waals surface area contributed by atoms with E-state index in [0.29, 0.717) is 30.1 Å². The summed E-state index contributed by atoms with van der Waals surface area (Å²) < 4.78 is 15.7. The molecule has 132 valence electrons. The number of hydrogen-bond donors (Lipinski definition) is 1. The zero-order valence-electron chi connectivity index (χ0n) is 14.7. The van der Waals surface area contributed by atoms with Gasteiger partial charge in [-0.3, -0.25) is 0 Å². The van der Waals surface area contributed by atoms with Gasteiger partial charge in [-0.15, -0.1) is 0 Å². The van der Waals surface area contributed by atoms with Gasteiger partial charge >= 0.3 is 12.0 Å². The lowest BCUT2D eigenvalue weighted by Gasteiger charge is -2.41. The highest BCUT2D eigenvalue weighted by Crippen LogP contribution is 2.25. The van der Waals surface area contributed by atoms with E-state index in [9.17, 15) is 9.59 Å². The lowest BCUT2D eigenvalue weighted by atomic mass is 10.1. The van der Waals surface area contributed by atoms with E-state index >= 15 is 0 Å². The molecule has 1 saturated heterocycles. The summed E-state index contributed by atoms with van der Waals surface area (Å²) in [6.45, 7) is 6.87. The molecule has 0 saturated carbocycles. The first-order valence-electron chi connectivity index (χ1n) is 7.76. The van der Waals surface area contributed by atoms with Crippen molar-refractivity contribution < 1.29 is 23.8 Å². The second-order valence-electron chi connectivity index (χ2n) is 6.41. The molecule has 1 unspecified atom stereocenters. The Hall–Kier alpha value is -2.28. The third kappa shape index (κ3) is 4.17. The average molecular weight is 336 g/mol. The Balaban J connectivity index is 2.13. The minimum absolute atomic E-state index is 0.0317. The van der Waals surface area contributed by atoms with Gasteiger partial charge in [-0.05, 0) is 32.9 Å². The summed E-state index contributed by atoms with van der Waals surface area (Å²) in [5.41, 5.74) is 0.460. The van der Waals surface area contributed by atoms with Crippen LogP contribution in [0.25, 0.3) is 0 Å². The number of rotatable bonds is 3. The SMILES string of the molecule is COC(=O)c1ccc(NC(=O)N2CC(C)OC(C)(C)C2)cc1OC. The van der Waals surface area contributed by atoms with Crippen molar-refractivity contribution in [1.82, 2.24) is 4.90 Å². The van der Waals surface area contributed by atoms with E-state index in [1.165, 1.54) is 14.2 Å². The van der Waals surface area contributed by atoms with Crippen LogP contribution >= 0.6 is 0 Å². The molecule has 0 radical (unpaired) electrons. The summed E-state index contributed by atoms with van der Waals surface area (Å²) in [5.74, 6) is -0.149. The van der Waals surface area contributed by atoms with E-state index in [1.807, 2.05) is 20.8 Å². The first-order chi connectivity index (χ1) is 11.3. The van der Waals surface area contributed by atoms with E-state index in [0.717, 1.165) is 0 Å². The number of carbonyl (C=O) groups is 2. The summed E-state index contributed by atoms with van der Waals surface area (Å²) in [4.78, 5) is 25.9. The fourth-order valence-electron chi connectivity index (χ4n) is 2.86. The molecule has 1 heterocycles. The van der Waals surface area contributed by atoms with Gasteiger partial charge in [0.05, 0.1) is 32.5 Å². The lowest BCUT2D eigenvalue weighted by Crippen LogP contribution is -2.54. The van der Waals surface area contributed by atoms with Crippen LogP contribution in [0.15, 0.2) is 18.2 Å². The fraction of sp³-hybridized carbons (Fsp3) is 0.529. The first-order valence-corrected chi connectivity index (χ1v) is 7.76. The molecule has 7 heteroatoms. The maximum Gasteiger partial charge on any atom is 0.341 e. The van der Waals surface area contributed by atoms with Crippen molar-refractivity contribution in [2.75, 3.05) is 32.6 Å². The smallest absolute Gasteiger partial charge is 0.341 e.